The lowest BCUT2D eigenvalue weighted by molar-refractivity contribution is -0.137. The summed E-state index contributed by atoms with van der Waals surface area (Å²) in [6.45, 7) is 1.41. The van der Waals surface area contributed by atoms with Crippen molar-refractivity contribution in [2.75, 3.05) is 6.61 Å². The van der Waals surface area contributed by atoms with E-state index in [1.807, 2.05) is 0 Å². The Bertz CT molecular complexity index is 430. The largest absolute Gasteiger partial charge is 0.492 e. The number of benzene rings is 1. The van der Waals surface area contributed by atoms with E-state index in [2.05, 4.69) is 0 Å². The van der Waals surface area contributed by atoms with Gasteiger partial charge >= 0.3 is 5.97 Å². The first-order chi connectivity index (χ1) is 8.82. The van der Waals surface area contributed by atoms with Crippen LogP contribution in [-0.4, -0.2) is 28.8 Å². The second-order valence-electron chi connectivity index (χ2n) is 3.44. The van der Waals surface area contributed by atoms with Gasteiger partial charge in [0.05, 0.1) is 11.6 Å². The van der Waals surface area contributed by atoms with Crippen molar-refractivity contribution >= 4 is 35.1 Å². The molecule has 0 aliphatic heterocycles. The number of aliphatic carboxylic acids is 2. The van der Waals surface area contributed by atoms with Crippen LogP contribution in [0.15, 0.2) is 18.2 Å². The van der Waals surface area contributed by atoms with Gasteiger partial charge in [-0.3, -0.25) is 9.59 Å². The predicted molar refractivity (Wildman–Crippen MR) is 72.1 cm³/mol. The molecule has 1 rings (SSSR count). The van der Waals surface area contributed by atoms with E-state index in [9.17, 15) is 4.79 Å². The van der Waals surface area contributed by atoms with Gasteiger partial charge in [0, 0.05) is 18.4 Å². The van der Waals surface area contributed by atoms with Crippen molar-refractivity contribution in [1.29, 1.82) is 0 Å². The number of ether oxygens (including phenoxy) is 1. The molecule has 0 atom stereocenters. The van der Waals surface area contributed by atoms with Gasteiger partial charge in [-0.2, -0.15) is 0 Å². The highest BCUT2D eigenvalue weighted by molar-refractivity contribution is 6.35. The van der Waals surface area contributed by atoms with Crippen molar-refractivity contribution in [2.24, 2.45) is 0 Å². The van der Waals surface area contributed by atoms with Crippen molar-refractivity contribution in [3.05, 3.63) is 28.2 Å². The SMILES string of the molecule is CC(=O)O.O=C(O)CCCOc1ccc(Cl)cc1Cl. The molecule has 7 heteroatoms. The summed E-state index contributed by atoms with van der Waals surface area (Å²) in [6, 6.07) is 4.90. The molecule has 0 radical (unpaired) electrons. The highest BCUT2D eigenvalue weighted by Crippen LogP contribution is 2.27. The van der Waals surface area contributed by atoms with E-state index in [-0.39, 0.29) is 6.42 Å². The summed E-state index contributed by atoms with van der Waals surface area (Å²) in [4.78, 5) is 19.2. The van der Waals surface area contributed by atoms with Crippen LogP contribution in [0.25, 0.3) is 0 Å². The average Bonchev–Trinajstić information content (AvgIpc) is 2.25. The van der Waals surface area contributed by atoms with Crippen LogP contribution in [0.4, 0.5) is 0 Å². The zero-order valence-electron chi connectivity index (χ0n) is 10.2. The van der Waals surface area contributed by atoms with Gasteiger partial charge in [0.2, 0.25) is 0 Å². The van der Waals surface area contributed by atoms with Gasteiger partial charge in [-0.25, -0.2) is 0 Å². The number of rotatable bonds is 5. The fraction of sp³-hybridized carbons (Fsp3) is 0.333. The Morgan fingerprint density at radius 1 is 1.26 bits per heavy atom. The highest BCUT2D eigenvalue weighted by atomic mass is 35.5. The quantitative estimate of drug-likeness (QED) is 0.815. The van der Waals surface area contributed by atoms with E-state index in [1.54, 1.807) is 18.2 Å². The molecule has 5 nitrogen and oxygen atoms in total. The van der Waals surface area contributed by atoms with E-state index >= 15 is 0 Å². The first-order valence-electron chi connectivity index (χ1n) is 5.32. The second kappa shape index (κ2) is 9.47. The lowest BCUT2D eigenvalue weighted by Gasteiger charge is -2.06. The molecule has 19 heavy (non-hydrogen) atoms. The third kappa shape index (κ3) is 10.2. The topological polar surface area (TPSA) is 83.8 Å². The molecule has 0 bridgehead atoms. The lowest BCUT2D eigenvalue weighted by Crippen LogP contribution is -2.02. The van der Waals surface area contributed by atoms with Gasteiger partial charge in [0.25, 0.3) is 5.97 Å². The number of carboxylic acid groups (broad SMARTS) is 2. The summed E-state index contributed by atoms with van der Waals surface area (Å²) in [6.07, 6.45) is 0.541. The normalized spacial score (nSPS) is 9.21. The van der Waals surface area contributed by atoms with E-state index in [4.69, 9.17) is 42.9 Å². The van der Waals surface area contributed by atoms with Crippen LogP contribution in [0.5, 0.6) is 5.75 Å². The van der Waals surface area contributed by atoms with E-state index in [1.165, 1.54) is 0 Å². The second-order valence-corrected chi connectivity index (χ2v) is 4.28. The van der Waals surface area contributed by atoms with Crippen molar-refractivity contribution in [3.63, 3.8) is 0 Å². The summed E-state index contributed by atoms with van der Waals surface area (Å²) in [5, 5.41) is 16.8. The van der Waals surface area contributed by atoms with E-state index in [0.29, 0.717) is 28.8 Å². The predicted octanol–water partition coefficient (Wildman–Crippen LogP) is 3.33. The molecule has 0 amide bonds. The molecule has 0 saturated carbocycles. The first-order valence-corrected chi connectivity index (χ1v) is 6.07. The monoisotopic (exact) mass is 308 g/mol. The zero-order chi connectivity index (χ0) is 14.8. The van der Waals surface area contributed by atoms with E-state index < -0.39 is 11.9 Å². The minimum Gasteiger partial charge on any atom is -0.492 e. The molecule has 0 saturated heterocycles. The summed E-state index contributed by atoms with van der Waals surface area (Å²) < 4.78 is 5.29. The van der Waals surface area contributed by atoms with Crippen LogP contribution in [0.3, 0.4) is 0 Å². The Morgan fingerprint density at radius 3 is 2.32 bits per heavy atom. The molecule has 2 N–H and O–H groups in total. The molecular formula is C12H14Cl2O5. The highest BCUT2D eigenvalue weighted by Gasteiger charge is 2.02. The molecular weight excluding hydrogens is 295 g/mol. The number of halogens is 2. The third-order valence-electron chi connectivity index (χ3n) is 1.69. The van der Waals surface area contributed by atoms with Crippen molar-refractivity contribution < 1.29 is 24.5 Å². The maximum Gasteiger partial charge on any atom is 0.303 e. The number of hydrogen-bond donors (Lipinski definition) is 2. The average molecular weight is 309 g/mol. The van der Waals surface area contributed by atoms with Crippen LogP contribution >= 0.6 is 23.2 Å². The van der Waals surface area contributed by atoms with Crippen molar-refractivity contribution in [3.8, 4) is 5.75 Å². The molecule has 106 valence electrons. The Kier molecular flexibility index (Phi) is 8.74. The molecule has 1 aromatic carbocycles. The third-order valence-corrected chi connectivity index (χ3v) is 2.22. The molecule has 0 aliphatic carbocycles. The molecule has 0 fully saturated rings. The Hall–Kier alpha value is -1.46. The molecule has 0 aromatic heterocycles. The Labute approximate surface area is 120 Å². The van der Waals surface area contributed by atoms with Crippen LogP contribution in [0.2, 0.25) is 10.0 Å². The van der Waals surface area contributed by atoms with Gasteiger partial charge in [0.1, 0.15) is 5.75 Å². The van der Waals surface area contributed by atoms with Crippen molar-refractivity contribution in [1.82, 2.24) is 0 Å². The molecule has 0 aliphatic rings. The standard InChI is InChI=1S/C10H10Cl2O3.C2H4O2/c11-7-3-4-9(8(12)6-7)15-5-1-2-10(13)14;1-2(3)4/h3-4,6H,1-2,5H2,(H,13,14);1H3,(H,3,4). The zero-order valence-corrected chi connectivity index (χ0v) is 11.7. The number of carbonyl (C=O) groups is 2. The summed E-state index contributed by atoms with van der Waals surface area (Å²) in [5.74, 6) is -1.15. The summed E-state index contributed by atoms with van der Waals surface area (Å²) in [7, 11) is 0. The van der Waals surface area contributed by atoms with Gasteiger partial charge in [-0.05, 0) is 24.6 Å². The van der Waals surface area contributed by atoms with Crippen LogP contribution < -0.4 is 4.74 Å². The molecule has 1 aromatic rings. The van der Waals surface area contributed by atoms with Crippen LogP contribution in [0, 0.1) is 0 Å². The maximum atomic E-state index is 10.2. The number of carboxylic acids is 2. The van der Waals surface area contributed by atoms with Crippen LogP contribution in [0.1, 0.15) is 19.8 Å². The van der Waals surface area contributed by atoms with Gasteiger partial charge in [-0.15, -0.1) is 0 Å². The lowest BCUT2D eigenvalue weighted by atomic mass is 10.3. The minimum absolute atomic E-state index is 0.0885. The Morgan fingerprint density at radius 2 is 1.84 bits per heavy atom. The molecule has 0 heterocycles. The van der Waals surface area contributed by atoms with Gasteiger partial charge in [0.15, 0.2) is 0 Å². The number of hydrogen-bond acceptors (Lipinski definition) is 3. The minimum atomic E-state index is -0.833. The smallest absolute Gasteiger partial charge is 0.303 e. The van der Waals surface area contributed by atoms with Crippen LogP contribution in [-0.2, 0) is 9.59 Å². The maximum absolute atomic E-state index is 10.2. The summed E-state index contributed by atoms with van der Waals surface area (Å²) in [5.41, 5.74) is 0. The fourth-order valence-electron chi connectivity index (χ4n) is 0.998. The Balaban J connectivity index is 0.000000711. The van der Waals surface area contributed by atoms with Gasteiger partial charge in [-0.1, -0.05) is 23.2 Å². The van der Waals surface area contributed by atoms with E-state index in [0.717, 1.165) is 6.92 Å². The van der Waals surface area contributed by atoms with Gasteiger partial charge < -0.3 is 14.9 Å². The fourth-order valence-corrected chi connectivity index (χ4v) is 1.46. The molecule has 0 unspecified atom stereocenters. The first kappa shape index (κ1) is 17.5. The summed E-state index contributed by atoms with van der Waals surface area (Å²) >= 11 is 11.5. The van der Waals surface area contributed by atoms with Crippen molar-refractivity contribution in [2.45, 2.75) is 19.8 Å². The molecule has 0 spiro atoms.